The highest BCUT2D eigenvalue weighted by atomic mass is 79.9. The van der Waals surface area contributed by atoms with E-state index in [1.165, 1.54) is 12.1 Å². The second kappa shape index (κ2) is 7.20. The van der Waals surface area contributed by atoms with Crippen LogP contribution < -0.4 is 10.1 Å². The van der Waals surface area contributed by atoms with Gasteiger partial charge in [-0.2, -0.15) is 0 Å². The quantitative estimate of drug-likeness (QED) is 0.755. The summed E-state index contributed by atoms with van der Waals surface area (Å²) in [6.45, 7) is 4.73. The molecule has 2 aromatic rings. The fourth-order valence-electron chi connectivity index (χ4n) is 1.66. The standard InChI is InChI=1S/C15H15BrClFN2O/c1-9(2)20-8-10-7-19-4-3-14(10)21-15-6-13(18)12(17)5-11(15)16/h3-7,9,20H,8H2,1-2H3. The fraction of sp³-hybridized carbons (Fsp3) is 0.267. The molecular weight excluding hydrogens is 359 g/mol. The Bertz CT molecular complexity index is 637. The lowest BCUT2D eigenvalue weighted by molar-refractivity contribution is 0.461. The van der Waals surface area contributed by atoms with Crippen molar-refractivity contribution in [3.63, 3.8) is 0 Å². The molecule has 0 spiro atoms. The molecular formula is C15H15BrClFN2O. The molecule has 0 unspecified atom stereocenters. The van der Waals surface area contributed by atoms with E-state index < -0.39 is 5.82 Å². The summed E-state index contributed by atoms with van der Waals surface area (Å²) in [5, 5.41) is 3.34. The van der Waals surface area contributed by atoms with Crippen LogP contribution in [0.2, 0.25) is 5.02 Å². The van der Waals surface area contributed by atoms with Gasteiger partial charge < -0.3 is 10.1 Å². The molecule has 0 atom stereocenters. The molecule has 0 saturated carbocycles. The Balaban J connectivity index is 2.25. The lowest BCUT2D eigenvalue weighted by Gasteiger charge is -2.14. The fourth-order valence-corrected chi connectivity index (χ4v) is 2.38. The Morgan fingerprint density at radius 1 is 1.38 bits per heavy atom. The van der Waals surface area contributed by atoms with Gasteiger partial charge in [0.1, 0.15) is 17.3 Å². The van der Waals surface area contributed by atoms with Crippen molar-refractivity contribution in [1.82, 2.24) is 10.3 Å². The Morgan fingerprint density at radius 2 is 2.14 bits per heavy atom. The van der Waals surface area contributed by atoms with Crippen molar-refractivity contribution >= 4 is 27.5 Å². The average molecular weight is 374 g/mol. The van der Waals surface area contributed by atoms with Crippen molar-refractivity contribution in [1.29, 1.82) is 0 Å². The van der Waals surface area contributed by atoms with Gasteiger partial charge in [-0.25, -0.2) is 4.39 Å². The summed E-state index contributed by atoms with van der Waals surface area (Å²) >= 11 is 9.04. The highest BCUT2D eigenvalue weighted by Crippen LogP contribution is 2.34. The van der Waals surface area contributed by atoms with Gasteiger partial charge in [0.25, 0.3) is 0 Å². The smallest absolute Gasteiger partial charge is 0.145 e. The summed E-state index contributed by atoms with van der Waals surface area (Å²) in [6.07, 6.45) is 3.36. The summed E-state index contributed by atoms with van der Waals surface area (Å²) in [7, 11) is 0. The van der Waals surface area contributed by atoms with Gasteiger partial charge in [-0.05, 0) is 28.1 Å². The van der Waals surface area contributed by atoms with Gasteiger partial charge in [0, 0.05) is 36.6 Å². The predicted octanol–water partition coefficient (Wildman–Crippen LogP) is 4.93. The number of pyridine rings is 1. The zero-order chi connectivity index (χ0) is 15.4. The zero-order valence-corrected chi connectivity index (χ0v) is 14.0. The lowest BCUT2D eigenvalue weighted by Crippen LogP contribution is -2.22. The average Bonchev–Trinajstić information content (AvgIpc) is 2.43. The van der Waals surface area contributed by atoms with Gasteiger partial charge in [-0.3, -0.25) is 4.98 Å². The number of aromatic nitrogens is 1. The van der Waals surface area contributed by atoms with Crippen LogP contribution in [0.5, 0.6) is 11.5 Å². The van der Waals surface area contributed by atoms with Crippen LogP contribution in [-0.2, 0) is 6.54 Å². The molecule has 112 valence electrons. The Hall–Kier alpha value is -1.17. The van der Waals surface area contributed by atoms with E-state index in [2.05, 4.69) is 40.1 Å². The normalized spacial score (nSPS) is 11.0. The van der Waals surface area contributed by atoms with E-state index in [1.54, 1.807) is 18.5 Å². The molecule has 1 aromatic carbocycles. The maximum absolute atomic E-state index is 13.6. The third-order valence-corrected chi connectivity index (χ3v) is 3.66. The van der Waals surface area contributed by atoms with E-state index in [0.717, 1.165) is 5.56 Å². The predicted molar refractivity (Wildman–Crippen MR) is 85.4 cm³/mol. The molecule has 1 heterocycles. The third kappa shape index (κ3) is 4.40. The molecule has 0 bridgehead atoms. The van der Waals surface area contributed by atoms with Crippen LogP contribution in [0.3, 0.4) is 0 Å². The second-order valence-electron chi connectivity index (χ2n) is 4.82. The minimum Gasteiger partial charge on any atom is -0.456 e. The number of hydrogen-bond acceptors (Lipinski definition) is 3. The molecule has 21 heavy (non-hydrogen) atoms. The number of hydrogen-bond donors (Lipinski definition) is 1. The topological polar surface area (TPSA) is 34.2 Å². The van der Waals surface area contributed by atoms with Crippen molar-refractivity contribution in [2.75, 3.05) is 0 Å². The number of benzene rings is 1. The molecule has 0 amide bonds. The van der Waals surface area contributed by atoms with Crippen LogP contribution in [0, 0.1) is 5.82 Å². The van der Waals surface area contributed by atoms with Gasteiger partial charge in [0.05, 0.1) is 9.50 Å². The SMILES string of the molecule is CC(C)NCc1cnccc1Oc1cc(F)c(Cl)cc1Br. The van der Waals surface area contributed by atoms with Crippen LogP contribution in [0.25, 0.3) is 0 Å². The number of rotatable bonds is 5. The number of halogens is 3. The van der Waals surface area contributed by atoms with Crippen molar-refractivity contribution in [3.05, 3.63) is 51.5 Å². The molecule has 0 aliphatic heterocycles. The second-order valence-corrected chi connectivity index (χ2v) is 6.08. The number of ether oxygens (including phenoxy) is 1. The van der Waals surface area contributed by atoms with Crippen molar-refractivity contribution in [2.45, 2.75) is 26.4 Å². The maximum Gasteiger partial charge on any atom is 0.145 e. The molecule has 0 saturated heterocycles. The minimum atomic E-state index is -0.522. The van der Waals surface area contributed by atoms with Crippen LogP contribution in [0.15, 0.2) is 35.1 Å². The Morgan fingerprint density at radius 3 is 2.86 bits per heavy atom. The van der Waals surface area contributed by atoms with Gasteiger partial charge in [-0.1, -0.05) is 25.4 Å². The Labute approximate surface area is 136 Å². The summed E-state index contributed by atoms with van der Waals surface area (Å²) < 4.78 is 19.9. The van der Waals surface area contributed by atoms with Crippen molar-refractivity contribution in [3.8, 4) is 11.5 Å². The van der Waals surface area contributed by atoms with Crippen LogP contribution in [0.4, 0.5) is 4.39 Å². The first kappa shape index (κ1) is 16.2. The molecule has 1 N–H and O–H groups in total. The van der Waals surface area contributed by atoms with Gasteiger partial charge in [0.15, 0.2) is 0 Å². The summed E-state index contributed by atoms with van der Waals surface area (Å²) in [5.74, 6) is 0.472. The van der Waals surface area contributed by atoms with E-state index in [9.17, 15) is 4.39 Å². The van der Waals surface area contributed by atoms with E-state index in [0.29, 0.717) is 28.6 Å². The highest BCUT2D eigenvalue weighted by Gasteiger charge is 2.11. The Kier molecular flexibility index (Phi) is 5.56. The molecule has 0 radical (unpaired) electrons. The van der Waals surface area contributed by atoms with E-state index in [1.807, 2.05) is 0 Å². The number of nitrogens with one attached hydrogen (secondary N) is 1. The minimum absolute atomic E-state index is 0.0469. The molecule has 1 aromatic heterocycles. The lowest BCUT2D eigenvalue weighted by atomic mass is 10.2. The molecule has 0 aliphatic rings. The summed E-state index contributed by atoms with van der Waals surface area (Å²) in [5.41, 5.74) is 0.897. The maximum atomic E-state index is 13.6. The molecule has 0 fully saturated rings. The summed E-state index contributed by atoms with van der Waals surface area (Å²) in [4.78, 5) is 4.09. The van der Waals surface area contributed by atoms with E-state index in [4.69, 9.17) is 16.3 Å². The van der Waals surface area contributed by atoms with Crippen molar-refractivity contribution in [2.24, 2.45) is 0 Å². The van der Waals surface area contributed by atoms with Crippen LogP contribution in [0.1, 0.15) is 19.4 Å². The molecule has 0 aliphatic carbocycles. The van der Waals surface area contributed by atoms with Gasteiger partial charge in [0.2, 0.25) is 0 Å². The first-order chi connectivity index (χ1) is 9.97. The molecule has 2 rings (SSSR count). The van der Waals surface area contributed by atoms with Crippen LogP contribution >= 0.6 is 27.5 Å². The first-order valence-electron chi connectivity index (χ1n) is 6.46. The largest absolute Gasteiger partial charge is 0.456 e. The van der Waals surface area contributed by atoms with Crippen molar-refractivity contribution < 1.29 is 9.13 Å². The van der Waals surface area contributed by atoms with E-state index in [-0.39, 0.29) is 5.02 Å². The van der Waals surface area contributed by atoms with Gasteiger partial charge in [-0.15, -0.1) is 0 Å². The third-order valence-electron chi connectivity index (χ3n) is 2.75. The van der Waals surface area contributed by atoms with Gasteiger partial charge >= 0.3 is 0 Å². The summed E-state index contributed by atoms with van der Waals surface area (Å²) in [6, 6.07) is 4.82. The number of nitrogens with zero attached hydrogens (tertiary/aromatic N) is 1. The highest BCUT2D eigenvalue weighted by molar-refractivity contribution is 9.10. The zero-order valence-electron chi connectivity index (χ0n) is 11.7. The van der Waals surface area contributed by atoms with E-state index >= 15 is 0 Å². The first-order valence-corrected chi connectivity index (χ1v) is 7.63. The monoisotopic (exact) mass is 372 g/mol. The van der Waals surface area contributed by atoms with Crippen LogP contribution in [-0.4, -0.2) is 11.0 Å². The molecule has 6 heteroatoms. The molecule has 3 nitrogen and oxygen atoms in total.